The van der Waals surface area contributed by atoms with E-state index < -0.39 is 21.3 Å². The van der Waals surface area contributed by atoms with E-state index in [1.54, 1.807) is 0 Å². The first-order valence-electron chi connectivity index (χ1n) is 1.70. The van der Waals surface area contributed by atoms with Gasteiger partial charge in [0.2, 0.25) is 0 Å². The molecule has 0 saturated heterocycles. The van der Waals surface area contributed by atoms with Gasteiger partial charge in [-0.05, 0) is 0 Å². The predicted octanol–water partition coefficient (Wildman–Crippen LogP) is 0.918. The van der Waals surface area contributed by atoms with Crippen LogP contribution in [0.3, 0.4) is 0 Å². The molecule has 0 aliphatic carbocycles. The van der Waals surface area contributed by atoms with Crippen LogP contribution in [-0.2, 0) is 9.09 Å². The van der Waals surface area contributed by atoms with Gasteiger partial charge in [-0.1, -0.05) is 0 Å². The fourth-order valence-electron chi connectivity index (χ4n) is 0.120. The van der Waals surface area contributed by atoms with Gasteiger partial charge in [-0.3, -0.25) is 0 Å². The molecule has 8 heavy (non-hydrogen) atoms. The minimum atomic E-state index is -2.86. The molecule has 0 aliphatic heterocycles. The highest BCUT2D eigenvalue weighted by Gasteiger charge is 2.15. The smallest absolute Gasteiger partial charge is 0.208 e. The van der Waals surface area contributed by atoms with E-state index in [4.69, 9.17) is 4.89 Å². The minimum Gasteiger partial charge on any atom is -0.208 e. The van der Waals surface area contributed by atoms with E-state index in [1.165, 1.54) is 0 Å². The van der Waals surface area contributed by atoms with Gasteiger partial charge >= 0.3 is 8.25 Å². The summed E-state index contributed by atoms with van der Waals surface area (Å²) < 4.78 is 35.2. The van der Waals surface area contributed by atoms with Gasteiger partial charge in [-0.2, -0.15) is 0 Å². The van der Waals surface area contributed by atoms with E-state index in [9.17, 15) is 13.3 Å². The van der Waals surface area contributed by atoms with Crippen LogP contribution in [0.4, 0.5) is 8.78 Å². The lowest BCUT2D eigenvalue weighted by molar-refractivity contribution is 0.0797. The van der Waals surface area contributed by atoms with Gasteiger partial charge in [0, 0.05) is 4.57 Å². The molecule has 0 bridgehead atoms. The molecule has 3 nitrogen and oxygen atoms in total. The highest BCUT2D eigenvalue weighted by Crippen LogP contribution is 2.14. The first-order chi connectivity index (χ1) is 3.63. The summed E-state index contributed by atoms with van der Waals surface area (Å²) in [5.74, 6) is 0. The zero-order valence-corrected chi connectivity index (χ0v) is 4.65. The summed E-state index contributed by atoms with van der Waals surface area (Å²) in [5, 5.41) is 0. The van der Waals surface area contributed by atoms with Gasteiger partial charge in [-0.25, -0.2) is 8.78 Å². The molecule has 0 fully saturated rings. The quantitative estimate of drug-likeness (QED) is 0.600. The zero-order chi connectivity index (χ0) is 6.57. The highest BCUT2D eigenvalue weighted by molar-refractivity contribution is 7.32. The second kappa shape index (κ2) is 3.83. The molecule has 0 spiro atoms. The monoisotopic (exact) mass is 145 g/mol. The Kier molecular flexibility index (Phi) is 3.77. The van der Waals surface area contributed by atoms with Gasteiger partial charge in [0.15, 0.2) is 6.61 Å². The van der Waals surface area contributed by atoms with E-state index >= 15 is 0 Å². The number of hydrogen-bond acceptors (Lipinski definition) is 2. The molecule has 0 heterocycles. The molecule has 0 saturated carbocycles. The fraction of sp³-hybridized carbons (Fsp3) is 1.00. The maximum absolute atomic E-state index is 11.0. The number of alkyl halides is 2. The third-order valence-corrected chi connectivity index (χ3v) is 0.681. The summed E-state index contributed by atoms with van der Waals surface area (Å²) in [6, 6.07) is 0. The maximum atomic E-state index is 11.0. The van der Waals surface area contributed by atoms with Crippen molar-refractivity contribution in [1.29, 1.82) is 0 Å². The number of halogens is 2. The van der Waals surface area contributed by atoms with Crippen LogP contribution >= 0.6 is 8.25 Å². The summed E-state index contributed by atoms with van der Waals surface area (Å²) in [6.07, 6.45) is -2.68. The summed E-state index contributed by atoms with van der Waals surface area (Å²) in [7, 11) is -2.86. The van der Waals surface area contributed by atoms with E-state index in [2.05, 4.69) is 4.52 Å². The molecule has 0 amide bonds. The SMILES string of the molecule is O=[P+](O)OCC(F)F. The Hall–Kier alpha value is -0.120. The van der Waals surface area contributed by atoms with Gasteiger partial charge in [0.25, 0.3) is 6.43 Å². The average molecular weight is 145 g/mol. The molecule has 48 valence electrons. The van der Waals surface area contributed by atoms with Crippen molar-refractivity contribution in [3.63, 3.8) is 0 Å². The Bertz CT molecular complexity index is 85.4. The summed E-state index contributed by atoms with van der Waals surface area (Å²) >= 11 is 0. The highest BCUT2D eigenvalue weighted by atomic mass is 31.1. The molecule has 6 heteroatoms. The predicted molar refractivity (Wildman–Crippen MR) is 21.8 cm³/mol. The van der Waals surface area contributed by atoms with Crippen molar-refractivity contribution in [2.24, 2.45) is 0 Å². The first-order valence-corrected chi connectivity index (χ1v) is 2.83. The molecular formula is C2H4F2O3P+. The molecule has 0 aliphatic rings. The van der Waals surface area contributed by atoms with Gasteiger partial charge < -0.3 is 0 Å². The van der Waals surface area contributed by atoms with E-state index in [0.717, 1.165) is 0 Å². The maximum Gasteiger partial charge on any atom is 0.694 e. The summed E-state index contributed by atoms with van der Waals surface area (Å²) in [4.78, 5) is 7.75. The van der Waals surface area contributed by atoms with Crippen molar-refractivity contribution in [3.05, 3.63) is 0 Å². The van der Waals surface area contributed by atoms with Crippen LogP contribution in [-0.4, -0.2) is 17.9 Å². The van der Waals surface area contributed by atoms with Gasteiger partial charge in [-0.15, -0.1) is 9.42 Å². The summed E-state index contributed by atoms with van der Waals surface area (Å²) in [6.45, 7) is -0.980. The first kappa shape index (κ1) is 7.88. The second-order valence-electron chi connectivity index (χ2n) is 0.925. The van der Waals surface area contributed by atoms with Crippen molar-refractivity contribution in [3.8, 4) is 0 Å². The van der Waals surface area contributed by atoms with Gasteiger partial charge in [0.1, 0.15) is 0 Å². The molecule has 0 aromatic carbocycles. The van der Waals surface area contributed by atoms with Gasteiger partial charge in [0.05, 0.1) is 0 Å². The Balaban J connectivity index is 3.05. The van der Waals surface area contributed by atoms with Crippen LogP contribution in [0.5, 0.6) is 0 Å². The van der Waals surface area contributed by atoms with Crippen LogP contribution in [0, 0.1) is 0 Å². The molecule has 0 rings (SSSR count). The van der Waals surface area contributed by atoms with Crippen LogP contribution in [0.15, 0.2) is 0 Å². The third kappa shape index (κ3) is 5.88. The van der Waals surface area contributed by atoms with Crippen molar-refractivity contribution in [1.82, 2.24) is 0 Å². The molecule has 0 aromatic rings. The second-order valence-corrected chi connectivity index (χ2v) is 1.66. The fourth-order valence-corrected chi connectivity index (χ4v) is 0.360. The normalized spacial score (nSPS) is 12.2. The van der Waals surface area contributed by atoms with E-state index in [0.29, 0.717) is 0 Å². The number of hydrogen-bond donors (Lipinski definition) is 1. The third-order valence-electron chi connectivity index (χ3n) is 0.311. The Labute approximate surface area is 45.2 Å². The Morgan fingerprint density at radius 2 is 2.25 bits per heavy atom. The largest absolute Gasteiger partial charge is 0.694 e. The van der Waals surface area contributed by atoms with Crippen molar-refractivity contribution in [2.75, 3.05) is 6.61 Å². The van der Waals surface area contributed by atoms with Crippen molar-refractivity contribution < 1.29 is 22.8 Å². The molecule has 1 N–H and O–H groups in total. The molecule has 0 aromatic heterocycles. The zero-order valence-electron chi connectivity index (χ0n) is 3.75. The Morgan fingerprint density at radius 3 is 2.38 bits per heavy atom. The Morgan fingerprint density at radius 1 is 1.75 bits per heavy atom. The van der Waals surface area contributed by atoms with Crippen molar-refractivity contribution in [2.45, 2.75) is 6.43 Å². The molecule has 1 atom stereocenters. The lowest BCUT2D eigenvalue weighted by atomic mass is 10.8. The van der Waals surface area contributed by atoms with E-state index in [-0.39, 0.29) is 0 Å². The topological polar surface area (TPSA) is 46.5 Å². The average Bonchev–Trinajstić information content (AvgIpc) is 1.61. The van der Waals surface area contributed by atoms with Crippen LogP contribution in [0.1, 0.15) is 0 Å². The minimum absolute atomic E-state index is 0.980. The summed E-state index contributed by atoms with van der Waals surface area (Å²) in [5.41, 5.74) is 0. The standard InChI is InChI=1S/C2H3F2O3P/c3-2(4)1-7-8(5)6/h2H,1H2/p+1. The lowest BCUT2D eigenvalue weighted by Crippen LogP contribution is -1.98. The molecule has 1 unspecified atom stereocenters. The lowest BCUT2D eigenvalue weighted by Gasteiger charge is -1.84. The number of rotatable bonds is 3. The molecule has 0 radical (unpaired) electrons. The van der Waals surface area contributed by atoms with Crippen LogP contribution in [0.2, 0.25) is 0 Å². The van der Waals surface area contributed by atoms with Crippen LogP contribution in [0.25, 0.3) is 0 Å². The van der Waals surface area contributed by atoms with E-state index in [1.807, 2.05) is 0 Å². The van der Waals surface area contributed by atoms with Crippen LogP contribution < -0.4 is 0 Å². The van der Waals surface area contributed by atoms with Crippen molar-refractivity contribution >= 4 is 8.25 Å². The molecular weight excluding hydrogens is 141 g/mol.